The van der Waals surface area contributed by atoms with Crippen LogP contribution in [0.5, 0.6) is 0 Å². The summed E-state index contributed by atoms with van der Waals surface area (Å²) in [7, 11) is 1.96. The van der Waals surface area contributed by atoms with Gasteiger partial charge in [-0.25, -0.2) is 4.39 Å². The fourth-order valence-electron chi connectivity index (χ4n) is 1.95. The first-order chi connectivity index (χ1) is 10.1. The molecule has 0 aliphatic heterocycles. The van der Waals surface area contributed by atoms with Crippen molar-refractivity contribution in [3.63, 3.8) is 0 Å². The number of thioether (sulfide) groups is 1. The van der Waals surface area contributed by atoms with Gasteiger partial charge in [0.05, 0.1) is 4.47 Å². The molecule has 1 atom stereocenters. The number of rotatable bonds is 6. The van der Waals surface area contributed by atoms with E-state index in [1.807, 2.05) is 49.1 Å². The quantitative estimate of drug-likeness (QED) is 0.623. The zero-order chi connectivity index (χ0) is 15.2. The Morgan fingerprint density at radius 1 is 1.14 bits per heavy atom. The summed E-state index contributed by atoms with van der Waals surface area (Å²) in [5.74, 6) is 0.732. The molecule has 0 amide bonds. The second-order valence-corrected chi connectivity index (χ2v) is 7.45. The van der Waals surface area contributed by atoms with Crippen LogP contribution in [0.15, 0.2) is 56.3 Å². The van der Waals surface area contributed by atoms with Gasteiger partial charge in [-0.05, 0) is 75.2 Å². The number of benzene rings is 2. The smallest absolute Gasteiger partial charge is 0.137 e. The normalized spacial score (nSPS) is 12.4. The van der Waals surface area contributed by atoms with Gasteiger partial charge in [0.25, 0.3) is 0 Å². The van der Waals surface area contributed by atoms with Crippen molar-refractivity contribution in [3.8, 4) is 0 Å². The van der Waals surface area contributed by atoms with Crippen LogP contribution < -0.4 is 5.32 Å². The number of halogens is 3. The van der Waals surface area contributed by atoms with E-state index in [2.05, 4.69) is 43.2 Å². The van der Waals surface area contributed by atoms with E-state index in [0.717, 1.165) is 22.2 Å². The van der Waals surface area contributed by atoms with Gasteiger partial charge in [-0.15, -0.1) is 11.8 Å². The summed E-state index contributed by atoms with van der Waals surface area (Å²) in [6.45, 7) is 0. The van der Waals surface area contributed by atoms with Crippen LogP contribution >= 0.6 is 43.6 Å². The zero-order valence-corrected chi connectivity index (χ0v) is 15.6. The van der Waals surface area contributed by atoms with Crippen LogP contribution in [0.4, 0.5) is 4.39 Å². The third-order valence-corrected chi connectivity index (χ3v) is 5.95. The SMILES string of the molecule is CNC(CSc1ccccc1Br)Cc1ccc(F)c(Br)c1. The molecular weight excluding hydrogens is 417 g/mol. The molecule has 2 rings (SSSR count). The van der Waals surface area contributed by atoms with E-state index < -0.39 is 0 Å². The van der Waals surface area contributed by atoms with Crippen LogP contribution in [0, 0.1) is 5.82 Å². The minimum atomic E-state index is -0.220. The lowest BCUT2D eigenvalue weighted by Gasteiger charge is -2.16. The van der Waals surface area contributed by atoms with E-state index in [0.29, 0.717) is 10.5 Å². The van der Waals surface area contributed by atoms with Crippen molar-refractivity contribution in [1.29, 1.82) is 0 Å². The standard InChI is InChI=1S/C16H16Br2FNS/c1-20-12(8-11-6-7-15(19)14(18)9-11)10-21-16-5-3-2-4-13(16)17/h2-7,9,12,20H,8,10H2,1H3. The summed E-state index contributed by atoms with van der Waals surface area (Å²) in [6.07, 6.45) is 0.868. The largest absolute Gasteiger partial charge is 0.316 e. The first-order valence-corrected chi connectivity index (χ1v) is 9.16. The van der Waals surface area contributed by atoms with E-state index in [4.69, 9.17) is 0 Å². The second kappa shape index (κ2) is 8.32. The Bertz CT molecular complexity index is 607. The van der Waals surface area contributed by atoms with Gasteiger partial charge in [0.1, 0.15) is 5.82 Å². The average Bonchev–Trinajstić information content (AvgIpc) is 2.48. The Balaban J connectivity index is 1.97. The Labute approximate surface area is 146 Å². The summed E-state index contributed by atoms with van der Waals surface area (Å²) >= 11 is 8.61. The maximum Gasteiger partial charge on any atom is 0.137 e. The molecule has 0 saturated heterocycles. The third kappa shape index (κ3) is 5.09. The molecule has 0 aromatic heterocycles. The summed E-state index contributed by atoms with van der Waals surface area (Å²) in [5, 5.41) is 3.33. The Morgan fingerprint density at radius 2 is 1.90 bits per heavy atom. The van der Waals surface area contributed by atoms with Gasteiger partial charge in [0.2, 0.25) is 0 Å². The number of hydrogen-bond donors (Lipinski definition) is 1. The lowest BCUT2D eigenvalue weighted by molar-refractivity contribution is 0.606. The van der Waals surface area contributed by atoms with E-state index in [1.165, 1.54) is 11.0 Å². The highest BCUT2D eigenvalue weighted by Gasteiger charge is 2.10. The first-order valence-electron chi connectivity index (χ1n) is 6.58. The van der Waals surface area contributed by atoms with Gasteiger partial charge in [-0.3, -0.25) is 0 Å². The van der Waals surface area contributed by atoms with Crippen molar-refractivity contribution in [1.82, 2.24) is 5.32 Å². The van der Waals surface area contributed by atoms with Gasteiger partial charge in [-0.1, -0.05) is 18.2 Å². The second-order valence-electron chi connectivity index (χ2n) is 4.68. The Kier molecular flexibility index (Phi) is 6.74. The van der Waals surface area contributed by atoms with Gasteiger partial charge in [-0.2, -0.15) is 0 Å². The summed E-state index contributed by atoms with van der Waals surface area (Å²) < 4.78 is 14.9. The van der Waals surface area contributed by atoms with Crippen molar-refractivity contribution in [2.45, 2.75) is 17.4 Å². The Morgan fingerprint density at radius 3 is 2.57 bits per heavy atom. The van der Waals surface area contributed by atoms with E-state index in [1.54, 1.807) is 0 Å². The van der Waals surface area contributed by atoms with Crippen LogP contribution in [0.1, 0.15) is 5.56 Å². The molecule has 112 valence electrons. The molecule has 0 bridgehead atoms. The molecule has 0 heterocycles. The predicted molar refractivity (Wildman–Crippen MR) is 95.5 cm³/mol. The molecular formula is C16H16Br2FNS. The molecule has 2 aromatic carbocycles. The molecule has 1 unspecified atom stereocenters. The molecule has 0 fully saturated rings. The molecule has 0 aliphatic carbocycles. The fraction of sp³-hybridized carbons (Fsp3) is 0.250. The highest BCUT2D eigenvalue weighted by atomic mass is 79.9. The molecule has 0 radical (unpaired) electrons. The van der Waals surface area contributed by atoms with Gasteiger partial charge < -0.3 is 5.32 Å². The van der Waals surface area contributed by atoms with Gasteiger partial charge >= 0.3 is 0 Å². The summed E-state index contributed by atoms with van der Waals surface area (Å²) in [5.41, 5.74) is 1.12. The monoisotopic (exact) mass is 431 g/mol. The maximum absolute atomic E-state index is 13.3. The van der Waals surface area contributed by atoms with Crippen molar-refractivity contribution in [2.24, 2.45) is 0 Å². The number of hydrogen-bond acceptors (Lipinski definition) is 2. The minimum absolute atomic E-state index is 0.220. The highest BCUT2D eigenvalue weighted by Crippen LogP contribution is 2.28. The van der Waals surface area contributed by atoms with Crippen LogP contribution in [0.3, 0.4) is 0 Å². The average molecular weight is 433 g/mol. The van der Waals surface area contributed by atoms with Crippen LogP contribution in [-0.4, -0.2) is 18.8 Å². The molecule has 0 saturated carbocycles. The topological polar surface area (TPSA) is 12.0 Å². The van der Waals surface area contributed by atoms with Crippen LogP contribution in [0.2, 0.25) is 0 Å². The maximum atomic E-state index is 13.3. The molecule has 5 heteroatoms. The molecule has 1 nitrogen and oxygen atoms in total. The lowest BCUT2D eigenvalue weighted by Crippen LogP contribution is -2.30. The van der Waals surface area contributed by atoms with E-state index in [9.17, 15) is 4.39 Å². The molecule has 21 heavy (non-hydrogen) atoms. The van der Waals surface area contributed by atoms with Crippen molar-refractivity contribution in [2.75, 3.05) is 12.8 Å². The van der Waals surface area contributed by atoms with Crippen molar-refractivity contribution >= 4 is 43.6 Å². The van der Waals surface area contributed by atoms with Gasteiger partial charge in [0, 0.05) is 21.2 Å². The first kappa shape index (κ1) is 17.0. The van der Waals surface area contributed by atoms with Crippen LogP contribution in [0.25, 0.3) is 0 Å². The predicted octanol–water partition coefficient (Wildman–Crippen LogP) is 5.27. The Hall–Kier alpha value is -0.360. The zero-order valence-electron chi connectivity index (χ0n) is 11.6. The summed E-state index contributed by atoms with van der Waals surface area (Å²) in [6, 6.07) is 13.7. The fourth-order valence-corrected chi connectivity index (χ4v) is 4.05. The third-order valence-electron chi connectivity index (χ3n) is 3.15. The molecule has 1 N–H and O–H groups in total. The number of likely N-dealkylation sites (N-methyl/N-ethyl adjacent to an activating group) is 1. The number of nitrogens with one attached hydrogen (secondary N) is 1. The van der Waals surface area contributed by atoms with Crippen LogP contribution in [-0.2, 0) is 6.42 Å². The molecule has 0 spiro atoms. The van der Waals surface area contributed by atoms with Crippen molar-refractivity contribution < 1.29 is 4.39 Å². The summed E-state index contributed by atoms with van der Waals surface area (Å²) in [4.78, 5) is 1.23. The molecule has 2 aromatic rings. The lowest BCUT2D eigenvalue weighted by atomic mass is 10.1. The highest BCUT2D eigenvalue weighted by molar-refractivity contribution is 9.10. The van der Waals surface area contributed by atoms with Gasteiger partial charge in [0.15, 0.2) is 0 Å². The molecule has 0 aliphatic rings. The van der Waals surface area contributed by atoms with Crippen molar-refractivity contribution in [3.05, 3.63) is 62.8 Å². The van der Waals surface area contributed by atoms with E-state index in [-0.39, 0.29) is 5.82 Å². The van der Waals surface area contributed by atoms with E-state index >= 15 is 0 Å². The minimum Gasteiger partial charge on any atom is -0.316 e.